The Hall–Kier alpha value is -2.47. The van der Waals surface area contributed by atoms with E-state index < -0.39 is 10.8 Å². The zero-order valence-corrected chi connectivity index (χ0v) is 11.8. The van der Waals surface area contributed by atoms with Crippen LogP contribution in [0.3, 0.4) is 0 Å². The summed E-state index contributed by atoms with van der Waals surface area (Å²) in [5, 5.41) is 11.5. The van der Waals surface area contributed by atoms with Crippen molar-refractivity contribution in [2.24, 2.45) is 0 Å². The number of hydrogen-bond donors (Lipinski definition) is 1. The van der Waals surface area contributed by atoms with Crippen LogP contribution in [0.25, 0.3) is 27.3 Å². The van der Waals surface area contributed by atoms with Gasteiger partial charge in [0, 0.05) is 17.7 Å². The molecule has 0 amide bonds. The number of nitrogens with zero attached hydrogens (tertiary/aromatic N) is 2. The molecule has 0 fully saturated rings. The van der Waals surface area contributed by atoms with E-state index in [9.17, 15) is 14.1 Å². The maximum absolute atomic E-state index is 12.4. The van der Waals surface area contributed by atoms with E-state index in [0.29, 0.717) is 26.8 Å². The molecule has 0 saturated carbocycles. The van der Waals surface area contributed by atoms with Crippen molar-refractivity contribution in [2.45, 2.75) is 4.90 Å². The Labute approximate surface area is 121 Å². The highest BCUT2D eigenvalue weighted by Gasteiger charge is 2.20. The number of aromatic nitrogens is 2. The Balaban J connectivity index is 2.48. The average molecular weight is 298 g/mol. The van der Waals surface area contributed by atoms with E-state index in [0.717, 1.165) is 5.39 Å². The highest BCUT2D eigenvalue weighted by Crippen LogP contribution is 2.36. The van der Waals surface area contributed by atoms with Crippen molar-refractivity contribution in [3.05, 3.63) is 46.9 Å². The van der Waals surface area contributed by atoms with Gasteiger partial charge in [0.25, 0.3) is 5.56 Å². The van der Waals surface area contributed by atoms with Gasteiger partial charge in [-0.2, -0.15) is 0 Å². The second kappa shape index (κ2) is 4.02. The molecule has 6 heteroatoms. The highest BCUT2D eigenvalue weighted by atomic mass is 32.2. The molecule has 0 radical (unpaired) electrons. The molecule has 1 aromatic carbocycles. The molecule has 3 aromatic heterocycles. The third-order valence-electron chi connectivity index (χ3n) is 3.69. The maximum Gasteiger partial charge on any atom is 0.256 e. The van der Waals surface area contributed by atoms with E-state index >= 15 is 0 Å². The van der Waals surface area contributed by atoms with Crippen LogP contribution in [0.5, 0.6) is 5.75 Å². The molecule has 5 nitrogen and oxygen atoms in total. The molecular formula is C15H10N2O3S. The first kappa shape index (κ1) is 12.3. The Kier molecular flexibility index (Phi) is 2.35. The van der Waals surface area contributed by atoms with Crippen LogP contribution in [0, 0.1) is 0 Å². The Morgan fingerprint density at radius 1 is 1.29 bits per heavy atom. The Morgan fingerprint density at radius 2 is 2.05 bits per heavy atom. The van der Waals surface area contributed by atoms with Crippen molar-refractivity contribution in [3.8, 4) is 5.75 Å². The number of hydrogen-bond acceptors (Lipinski definition) is 4. The molecule has 1 N–H and O–H groups in total. The van der Waals surface area contributed by atoms with Crippen LogP contribution in [-0.2, 0) is 10.8 Å². The minimum atomic E-state index is -1.33. The third kappa shape index (κ3) is 1.48. The first-order valence-corrected chi connectivity index (χ1v) is 7.86. The summed E-state index contributed by atoms with van der Waals surface area (Å²) < 4.78 is 13.4. The first-order chi connectivity index (χ1) is 10.1. The minimum Gasteiger partial charge on any atom is -0.506 e. The van der Waals surface area contributed by atoms with Crippen molar-refractivity contribution in [2.75, 3.05) is 6.26 Å². The molecule has 0 bridgehead atoms. The topological polar surface area (TPSA) is 71.7 Å². The molecule has 0 aliphatic rings. The van der Waals surface area contributed by atoms with Gasteiger partial charge in [-0.25, -0.2) is 4.98 Å². The maximum atomic E-state index is 12.4. The quantitative estimate of drug-likeness (QED) is 0.582. The number of fused-ring (bicyclic) bond motifs is 3. The van der Waals surface area contributed by atoms with Crippen molar-refractivity contribution in [1.29, 1.82) is 0 Å². The molecule has 104 valence electrons. The standard InChI is InChI=1S/C15H10N2O3S/c1-21(20)11-6-12(19)17-9-5-3-2-4-8(9)13-10(18)7-16-14(11)15(13)17/h2-7,18H,1H3. The highest BCUT2D eigenvalue weighted by molar-refractivity contribution is 7.84. The summed E-state index contributed by atoms with van der Waals surface area (Å²) in [4.78, 5) is 17.0. The number of pyridine rings is 2. The molecule has 0 aliphatic heterocycles. The van der Waals surface area contributed by atoms with Gasteiger partial charge in [0.15, 0.2) is 0 Å². The lowest BCUT2D eigenvalue weighted by atomic mass is 10.1. The summed E-state index contributed by atoms with van der Waals surface area (Å²) in [6, 6.07) is 8.70. The zero-order valence-electron chi connectivity index (χ0n) is 11.0. The van der Waals surface area contributed by atoms with Crippen LogP contribution in [0.2, 0.25) is 0 Å². The summed E-state index contributed by atoms with van der Waals surface area (Å²) in [6.45, 7) is 0. The molecule has 1 unspecified atom stereocenters. The number of benzene rings is 1. The lowest BCUT2D eigenvalue weighted by molar-refractivity contribution is 0.480. The summed E-state index contributed by atoms with van der Waals surface area (Å²) in [6.07, 6.45) is 2.85. The van der Waals surface area contributed by atoms with E-state index in [1.54, 1.807) is 0 Å². The van der Waals surface area contributed by atoms with Crippen molar-refractivity contribution in [3.63, 3.8) is 0 Å². The van der Waals surface area contributed by atoms with Crippen LogP contribution in [0.1, 0.15) is 0 Å². The Morgan fingerprint density at radius 3 is 2.81 bits per heavy atom. The van der Waals surface area contributed by atoms with Crippen LogP contribution in [-0.4, -0.2) is 25.0 Å². The second-order valence-corrected chi connectivity index (χ2v) is 6.22. The SMILES string of the molecule is CS(=O)c1cc(=O)n2c3ccccc3c3c(O)cnc1c32. The van der Waals surface area contributed by atoms with Crippen molar-refractivity contribution in [1.82, 2.24) is 9.38 Å². The number of aromatic hydroxyl groups is 1. The van der Waals surface area contributed by atoms with E-state index in [-0.39, 0.29) is 11.3 Å². The normalized spacial score (nSPS) is 13.4. The first-order valence-electron chi connectivity index (χ1n) is 6.30. The van der Waals surface area contributed by atoms with Crippen LogP contribution < -0.4 is 5.56 Å². The predicted molar refractivity (Wildman–Crippen MR) is 81.7 cm³/mol. The van der Waals surface area contributed by atoms with E-state index in [2.05, 4.69) is 4.98 Å². The molecule has 0 spiro atoms. The molecule has 0 aliphatic carbocycles. The van der Waals surface area contributed by atoms with Crippen LogP contribution in [0.4, 0.5) is 0 Å². The lowest BCUT2D eigenvalue weighted by Crippen LogP contribution is -2.13. The minimum absolute atomic E-state index is 0.0136. The largest absolute Gasteiger partial charge is 0.506 e. The van der Waals surface area contributed by atoms with Crippen LogP contribution in [0.15, 0.2) is 46.2 Å². The van der Waals surface area contributed by atoms with E-state index in [1.807, 2.05) is 24.3 Å². The summed E-state index contributed by atoms with van der Waals surface area (Å²) in [5.41, 5.74) is 1.44. The summed E-state index contributed by atoms with van der Waals surface area (Å²) >= 11 is 0. The van der Waals surface area contributed by atoms with Gasteiger partial charge in [0.05, 0.1) is 38.3 Å². The fourth-order valence-corrected chi connectivity index (χ4v) is 3.54. The molecule has 4 aromatic rings. The van der Waals surface area contributed by atoms with Gasteiger partial charge in [0.1, 0.15) is 11.3 Å². The van der Waals surface area contributed by atoms with Gasteiger partial charge in [-0.1, -0.05) is 18.2 Å². The number of para-hydroxylation sites is 1. The molecule has 1 atom stereocenters. The van der Waals surface area contributed by atoms with Gasteiger partial charge in [-0.15, -0.1) is 0 Å². The molecule has 0 saturated heterocycles. The second-order valence-electron chi connectivity index (χ2n) is 4.87. The smallest absolute Gasteiger partial charge is 0.256 e. The van der Waals surface area contributed by atoms with Gasteiger partial charge in [-0.3, -0.25) is 13.4 Å². The fourth-order valence-electron chi connectivity index (χ4n) is 2.85. The summed E-state index contributed by atoms with van der Waals surface area (Å²) in [7, 11) is -1.33. The van der Waals surface area contributed by atoms with E-state index in [4.69, 9.17) is 0 Å². The van der Waals surface area contributed by atoms with Crippen LogP contribution >= 0.6 is 0 Å². The Bertz CT molecular complexity index is 1100. The predicted octanol–water partition coefficient (Wildman–Crippen LogP) is 1.88. The summed E-state index contributed by atoms with van der Waals surface area (Å²) in [5.74, 6) is 0.0136. The van der Waals surface area contributed by atoms with Gasteiger partial charge >= 0.3 is 0 Å². The lowest BCUT2D eigenvalue weighted by Gasteiger charge is -2.05. The third-order valence-corrected chi connectivity index (χ3v) is 4.62. The number of rotatable bonds is 1. The molecular weight excluding hydrogens is 288 g/mol. The average Bonchev–Trinajstić information content (AvgIpc) is 2.82. The van der Waals surface area contributed by atoms with E-state index in [1.165, 1.54) is 22.9 Å². The monoisotopic (exact) mass is 298 g/mol. The molecule has 3 heterocycles. The van der Waals surface area contributed by atoms with Crippen molar-refractivity contribution >= 4 is 38.1 Å². The van der Waals surface area contributed by atoms with Gasteiger partial charge < -0.3 is 5.11 Å². The fraction of sp³-hybridized carbons (Fsp3) is 0.0667. The molecule has 21 heavy (non-hydrogen) atoms. The zero-order chi connectivity index (χ0) is 14.7. The van der Waals surface area contributed by atoms with Crippen molar-refractivity contribution < 1.29 is 9.32 Å². The van der Waals surface area contributed by atoms with Gasteiger partial charge in [0.2, 0.25) is 0 Å². The van der Waals surface area contributed by atoms with Gasteiger partial charge in [-0.05, 0) is 6.07 Å². The molecule has 4 rings (SSSR count).